The molecule has 6 nitrogen and oxygen atoms in total. The molecule has 148 valence electrons. The number of carbonyl (C=O) groups excluding carboxylic acids is 1. The molecule has 0 radical (unpaired) electrons. The van der Waals surface area contributed by atoms with Crippen LogP contribution in [-0.2, 0) is 6.61 Å². The van der Waals surface area contributed by atoms with Crippen molar-refractivity contribution in [3.8, 4) is 5.75 Å². The summed E-state index contributed by atoms with van der Waals surface area (Å²) in [6.45, 7) is 0.509. The van der Waals surface area contributed by atoms with Crippen LogP contribution in [0.1, 0.15) is 16.1 Å². The lowest BCUT2D eigenvalue weighted by molar-refractivity contribution is 0.102. The maximum atomic E-state index is 12.4. The first-order valence-corrected chi connectivity index (χ1v) is 9.49. The van der Waals surface area contributed by atoms with Crippen LogP contribution in [0.2, 0.25) is 0 Å². The molecule has 1 amide bonds. The number of ether oxygens (including phenoxy) is 1. The Morgan fingerprint density at radius 1 is 0.800 bits per heavy atom. The Balaban J connectivity index is 1.37. The van der Waals surface area contributed by atoms with Gasteiger partial charge in [-0.05, 0) is 48.0 Å². The molecule has 6 heteroatoms. The van der Waals surface area contributed by atoms with Crippen molar-refractivity contribution in [2.45, 2.75) is 6.61 Å². The lowest BCUT2D eigenvalue weighted by Crippen LogP contribution is -2.14. The Morgan fingerprint density at radius 3 is 2.23 bits per heavy atom. The van der Waals surface area contributed by atoms with Crippen LogP contribution < -0.4 is 15.4 Å². The maximum Gasteiger partial charge on any atom is 0.274 e. The normalized spacial score (nSPS) is 10.3. The van der Waals surface area contributed by atoms with Gasteiger partial charge in [-0.25, -0.2) is 9.97 Å². The summed E-state index contributed by atoms with van der Waals surface area (Å²) in [5.41, 5.74) is 2.89. The van der Waals surface area contributed by atoms with Crippen molar-refractivity contribution in [3.05, 3.63) is 108 Å². The van der Waals surface area contributed by atoms with Crippen molar-refractivity contribution in [1.29, 1.82) is 0 Å². The number of amides is 1. The molecule has 0 saturated carbocycles. The van der Waals surface area contributed by atoms with E-state index in [1.54, 1.807) is 12.3 Å². The first-order chi connectivity index (χ1) is 14.8. The van der Waals surface area contributed by atoms with Crippen LogP contribution in [0.25, 0.3) is 0 Å². The van der Waals surface area contributed by atoms with E-state index >= 15 is 0 Å². The van der Waals surface area contributed by atoms with Crippen LogP contribution >= 0.6 is 0 Å². The van der Waals surface area contributed by atoms with Gasteiger partial charge in [-0.2, -0.15) is 0 Å². The van der Waals surface area contributed by atoms with Gasteiger partial charge in [-0.15, -0.1) is 0 Å². The highest BCUT2D eigenvalue weighted by Gasteiger charge is 2.09. The lowest BCUT2D eigenvalue weighted by atomic mass is 10.2. The summed E-state index contributed by atoms with van der Waals surface area (Å²) >= 11 is 0. The summed E-state index contributed by atoms with van der Waals surface area (Å²) in [6.07, 6.45) is 1.55. The Morgan fingerprint density at radius 2 is 1.50 bits per heavy atom. The minimum absolute atomic E-state index is 0.277. The van der Waals surface area contributed by atoms with Crippen LogP contribution in [0.5, 0.6) is 5.75 Å². The monoisotopic (exact) mass is 396 g/mol. The van der Waals surface area contributed by atoms with E-state index < -0.39 is 0 Å². The first kappa shape index (κ1) is 19.1. The molecule has 4 aromatic rings. The van der Waals surface area contributed by atoms with Crippen LogP contribution in [0.3, 0.4) is 0 Å². The Hall–Kier alpha value is -4.19. The number of hydrogen-bond donors (Lipinski definition) is 2. The van der Waals surface area contributed by atoms with Gasteiger partial charge in [0.05, 0.1) is 0 Å². The van der Waals surface area contributed by atoms with E-state index in [0.717, 1.165) is 17.0 Å². The van der Waals surface area contributed by atoms with Gasteiger partial charge in [0.15, 0.2) is 0 Å². The molecule has 0 aliphatic heterocycles. The molecule has 0 spiro atoms. The smallest absolute Gasteiger partial charge is 0.274 e. The van der Waals surface area contributed by atoms with Crippen LogP contribution in [0.15, 0.2) is 97.2 Å². The standard InChI is InChI=1S/C24H20N4O2/c29-23(26-19-9-5-2-6-10-19)22-15-16-25-24(28-22)27-20-11-13-21(14-12-20)30-17-18-7-3-1-4-8-18/h1-16H,17H2,(H,26,29)(H,25,27,28). The molecule has 4 rings (SSSR count). The van der Waals surface area contributed by atoms with E-state index in [0.29, 0.717) is 18.2 Å². The van der Waals surface area contributed by atoms with Crippen molar-refractivity contribution in [2.75, 3.05) is 10.6 Å². The summed E-state index contributed by atoms with van der Waals surface area (Å²) in [5.74, 6) is 0.811. The van der Waals surface area contributed by atoms with Gasteiger partial charge in [-0.1, -0.05) is 48.5 Å². The van der Waals surface area contributed by atoms with Gasteiger partial charge in [-0.3, -0.25) is 4.79 Å². The molecular weight excluding hydrogens is 376 g/mol. The van der Waals surface area contributed by atoms with Gasteiger partial charge < -0.3 is 15.4 Å². The minimum atomic E-state index is -0.295. The highest BCUT2D eigenvalue weighted by atomic mass is 16.5. The van der Waals surface area contributed by atoms with Crippen molar-refractivity contribution in [1.82, 2.24) is 9.97 Å². The largest absolute Gasteiger partial charge is 0.489 e. The number of para-hydroxylation sites is 1. The fourth-order valence-corrected chi connectivity index (χ4v) is 2.77. The predicted octanol–water partition coefficient (Wildman–Crippen LogP) is 5.05. The molecule has 1 heterocycles. The number of nitrogens with one attached hydrogen (secondary N) is 2. The number of carbonyl (C=O) groups is 1. The van der Waals surface area contributed by atoms with Crippen LogP contribution in [0.4, 0.5) is 17.3 Å². The number of aromatic nitrogens is 2. The quantitative estimate of drug-likeness (QED) is 0.457. The van der Waals surface area contributed by atoms with Crippen molar-refractivity contribution >= 4 is 23.2 Å². The third-order valence-electron chi connectivity index (χ3n) is 4.28. The van der Waals surface area contributed by atoms with Crippen molar-refractivity contribution < 1.29 is 9.53 Å². The van der Waals surface area contributed by atoms with Gasteiger partial charge in [0, 0.05) is 17.6 Å². The van der Waals surface area contributed by atoms with Gasteiger partial charge in [0.1, 0.15) is 18.1 Å². The zero-order valence-corrected chi connectivity index (χ0v) is 16.2. The molecule has 0 aliphatic rings. The second-order valence-corrected chi connectivity index (χ2v) is 6.51. The fraction of sp³-hybridized carbons (Fsp3) is 0.0417. The average Bonchev–Trinajstić information content (AvgIpc) is 2.80. The predicted molar refractivity (Wildman–Crippen MR) is 117 cm³/mol. The fourth-order valence-electron chi connectivity index (χ4n) is 2.77. The number of anilines is 3. The molecule has 0 fully saturated rings. The van der Waals surface area contributed by atoms with Crippen molar-refractivity contribution in [2.24, 2.45) is 0 Å². The SMILES string of the molecule is O=C(Nc1ccccc1)c1ccnc(Nc2ccc(OCc3ccccc3)cc2)n1. The molecule has 30 heavy (non-hydrogen) atoms. The zero-order chi connectivity index (χ0) is 20.6. The van der Waals surface area contributed by atoms with Crippen LogP contribution in [0, 0.1) is 0 Å². The molecule has 0 aliphatic carbocycles. The van der Waals surface area contributed by atoms with E-state index in [1.807, 2.05) is 84.9 Å². The first-order valence-electron chi connectivity index (χ1n) is 9.49. The molecule has 0 atom stereocenters. The summed E-state index contributed by atoms with van der Waals surface area (Å²) in [7, 11) is 0. The molecule has 2 N–H and O–H groups in total. The second kappa shape index (κ2) is 9.34. The van der Waals surface area contributed by atoms with Gasteiger partial charge in [0.25, 0.3) is 5.91 Å². The Kier molecular flexibility index (Phi) is 5.96. The van der Waals surface area contributed by atoms with E-state index in [1.165, 1.54) is 0 Å². The summed E-state index contributed by atoms with van der Waals surface area (Å²) < 4.78 is 5.79. The molecular formula is C24H20N4O2. The molecule has 3 aromatic carbocycles. The van der Waals surface area contributed by atoms with Crippen molar-refractivity contribution in [3.63, 3.8) is 0 Å². The molecule has 0 unspecified atom stereocenters. The number of hydrogen-bond acceptors (Lipinski definition) is 5. The Labute approximate surface area is 174 Å². The minimum Gasteiger partial charge on any atom is -0.489 e. The van der Waals surface area contributed by atoms with Gasteiger partial charge >= 0.3 is 0 Å². The molecule has 1 aromatic heterocycles. The summed E-state index contributed by atoms with van der Waals surface area (Å²) in [4.78, 5) is 20.9. The highest BCUT2D eigenvalue weighted by molar-refractivity contribution is 6.02. The highest BCUT2D eigenvalue weighted by Crippen LogP contribution is 2.19. The second-order valence-electron chi connectivity index (χ2n) is 6.51. The van der Waals surface area contributed by atoms with E-state index in [2.05, 4.69) is 20.6 Å². The zero-order valence-electron chi connectivity index (χ0n) is 16.2. The molecule has 0 bridgehead atoms. The third-order valence-corrected chi connectivity index (χ3v) is 4.28. The summed E-state index contributed by atoms with van der Waals surface area (Å²) in [5, 5.41) is 5.92. The van der Waals surface area contributed by atoms with E-state index in [9.17, 15) is 4.79 Å². The lowest BCUT2D eigenvalue weighted by Gasteiger charge is -2.09. The Bertz CT molecular complexity index is 1100. The third kappa shape index (κ3) is 5.20. The molecule has 0 saturated heterocycles. The number of benzene rings is 3. The summed E-state index contributed by atoms with van der Waals surface area (Å²) in [6, 6.07) is 28.3. The van der Waals surface area contributed by atoms with E-state index in [-0.39, 0.29) is 11.6 Å². The van der Waals surface area contributed by atoms with Crippen LogP contribution in [-0.4, -0.2) is 15.9 Å². The maximum absolute atomic E-state index is 12.4. The number of nitrogens with zero attached hydrogens (tertiary/aromatic N) is 2. The van der Waals surface area contributed by atoms with Gasteiger partial charge in [0.2, 0.25) is 5.95 Å². The number of rotatable bonds is 7. The average molecular weight is 396 g/mol. The van der Waals surface area contributed by atoms with E-state index in [4.69, 9.17) is 4.74 Å². The topological polar surface area (TPSA) is 76.1 Å².